The molecular weight excluding hydrogens is 362 g/mol. The van der Waals surface area contributed by atoms with Crippen LogP contribution in [0.15, 0.2) is 0 Å². The van der Waals surface area contributed by atoms with Crippen molar-refractivity contribution in [3.63, 3.8) is 0 Å². The van der Waals surface area contributed by atoms with Crippen molar-refractivity contribution in [3.05, 3.63) is 0 Å². The van der Waals surface area contributed by atoms with E-state index >= 15 is 0 Å². The summed E-state index contributed by atoms with van der Waals surface area (Å²) in [5.41, 5.74) is 0. The van der Waals surface area contributed by atoms with E-state index in [4.69, 9.17) is 32.1 Å². The Morgan fingerprint density at radius 3 is 0.692 bits per heavy atom. The van der Waals surface area contributed by atoms with Gasteiger partial charge in [0.05, 0.1) is 0 Å². The molecule has 1 radical (unpaired) electrons. The topological polar surface area (TPSA) is 149 Å². The molecule has 0 bridgehead atoms. The Morgan fingerprint density at radius 2 is 0.692 bits per heavy atom. The molecule has 0 amide bonds. The molecule has 0 spiro atoms. The maximum atomic E-state index is 8.80. The van der Waals surface area contributed by atoms with Crippen molar-refractivity contribution in [1.29, 1.82) is 0 Å². The van der Waals surface area contributed by atoms with Gasteiger partial charge in [-0.2, -0.15) is 0 Å². The first-order valence-corrected chi connectivity index (χ1v) is 5.33. The van der Waals surface area contributed by atoms with Gasteiger partial charge < -0.3 is 0 Å². The molecule has 13 heavy (non-hydrogen) atoms. The molecule has 0 heterocycles. The zero-order valence-electron chi connectivity index (χ0n) is 4.83. The molecule has 0 unspecified atom stereocenters. The van der Waals surface area contributed by atoms with Gasteiger partial charge in [0.2, 0.25) is 0 Å². The third-order valence-corrected chi connectivity index (χ3v) is 0. The van der Waals surface area contributed by atoms with Crippen LogP contribution in [0, 0.1) is 0 Å². The summed E-state index contributed by atoms with van der Waals surface area (Å²) in [6.45, 7) is 0. The van der Waals surface area contributed by atoms with E-state index in [9.17, 15) is 0 Å². The van der Waals surface area contributed by atoms with Crippen LogP contribution in [-0.2, 0) is 75.3 Å². The van der Waals surface area contributed by atoms with Crippen molar-refractivity contribution in [2.24, 2.45) is 0 Å². The molecule has 8 nitrogen and oxygen atoms in total. The first-order valence-electron chi connectivity index (χ1n) is 1.29. The van der Waals surface area contributed by atoms with Gasteiger partial charge in [0, 0.05) is 33.3 Å². The normalized spacial score (nSPS) is 8.92. The Kier molecular flexibility index (Phi) is 26.5. The summed E-state index contributed by atoms with van der Waals surface area (Å²) in [5, 5.41) is 0. The monoisotopic (exact) mass is 367 g/mol. The first-order chi connectivity index (χ1) is 4.00. The second-order valence-corrected chi connectivity index (χ2v) is 3.42. The maximum absolute atomic E-state index is 8.80. The van der Waals surface area contributed by atoms with E-state index in [1.807, 2.05) is 0 Å². The van der Waals surface area contributed by atoms with Crippen molar-refractivity contribution < 1.29 is 92.1 Å². The van der Waals surface area contributed by atoms with Crippen LogP contribution in [0.3, 0.4) is 0 Å². The molecule has 0 aliphatic heterocycles. The van der Waals surface area contributed by atoms with Gasteiger partial charge in [0.1, 0.15) is 0 Å². The van der Waals surface area contributed by atoms with Crippen LogP contribution in [0.5, 0.6) is 0 Å². The summed E-state index contributed by atoms with van der Waals surface area (Å²) in [6.07, 6.45) is 0. The first kappa shape index (κ1) is 29.3. The molecule has 0 aromatic heterocycles. The quantitative estimate of drug-likeness (QED) is 0.324. The SMILES string of the molecule is [Co].[LiH].[Ni].[O]=[Mn](=[O])([OH])[OH].[O]=[Mn](=[O])([OH])[OH]. The van der Waals surface area contributed by atoms with Crippen LogP contribution < -0.4 is 0 Å². The fourth-order valence-corrected chi connectivity index (χ4v) is 0. The van der Waals surface area contributed by atoms with Gasteiger partial charge in [-0.1, -0.05) is 0 Å². The molecular formula is H5CoLiMn2NiO8. The van der Waals surface area contributed by atoms with Gasteiger partial charge in [-0.15, -0.1) is 0 Å². The molecule has 0 fully saturated rings. The van der Waals surface area contributed by atoms with E-state index in [-0.39, 0.29) is 52.1 Å². The zero-order chi connectivity index (χ0) is 9.00. The van der Waals surface area contributed by atoms with Gasteiger partial charge in [-0.05, 0) is 0 Å². The Morgan fingerprint density at radius 1 is 0.692 bits per heavy atom. The fourth-order valence-electron chi connectivity index (χ4n) is 0. The van der Waals surface area contributed by atoms with Crippen LogP contribution in [-0.4, -0.2) is 35.6 Å². The molecule has 0 aliphatic rings. The standard InChI is InChI=1S/Co.Li.2Mn.Ni.4H2O.4O.H/h;;;;;4*1H2;;;;;/q;;2*+2;;;;;;;;;;/p-4. The van der Waals surface area contributed by atoms with E-state index in [1.165, 1.54) is 0 Å². The van der Waals surface area contributed by atoms with Gasteiger partial charge in [0.25, 0.3) is 0 Å². The average Bonchev–Trinajstić information content (AvgIpc) is 1.12. The molecule has 4 N–H and O–H groups in total. The van der Waals surface area contributed by atoms with Crippen molar-refractivity contribution in [2.45, 2.75) is 0 Å². The van der Waals surface area contributed by atoms with Crippen molar-refractivity contribution in [2.75, 3.05) is 0 Å². The summed E-state index contributed by atoms with van der Waals surface area (Å²) < 4.78 is 63.6. The Bertz CT molecular complexity index is 219. The second-order valence-electron chi connectivity index (χ2n) is 0.829. The minimum absolute atomic E-state index is 0. The summed E-state index contributed by atoms with van der Waals surface area (Å²) in [5.74, 6) is 0. The Labute approximate surface area is 110 Å². The molecule has 0 rings (SSSR count). The number of hydrogen-bond donors (Lipinski definition) is 4. The molecule has 0 saturated carbocycles. The second kappa shape index (κ2) is 11.7. The van der Waals surface area contributed by atoms with Gasteiger partial charge in [0.15, 0.2) is 0 Å². The van der Waals surface area contributed by atoms with E-state index < -0.39 is 26.7 Å². The Balaban J connectivity index is -0.0000000267. The number of hydrogen-bond acceptors (Lipinski definition) is 4. The summed E-state index contributed by atoms with van der Waals surface area (Å²) >= 11 is -10.2. The molecule has 0 saturated heterocycles. The van der Waals surface area contributed by atoms with Crippen LogP contribution in [0.4, 0.5) is 0 Å². The summed E-state index contributed by atoms with van der Waals surface area (Å²) in [7, 11) is 0. The van der Waals surface area contributed by atoms with Crippen LogP contribution in [0.1, 0.15) is 0 Å². The molecule has 0 aliphatic carbocycles. The summed E-state index contributed by atoms with van der Waals surface area (Å²) in [4.78, 5) is 0. The van der Waals surface area contributed by atoms with E-state index in [2.05, 4.69) is 0 Å². The van der Waals surface area contributed by atoms with Crippen LogP contribution in [0.2, 0.25) is 0 Å². The molecule has 0 atom stereocenters. The molecule has 13 heteroatoms. The summed E-state index contributed by atoms with van der Waals surface area (Å²) in [6, 6.07) is 0. The predicted molar refractivity (Wildman–Crippen MR) is 18.8 cm³/mol. The van der Waals surface area contributed by atoms with Gasteiger partial charge >= 0.3 is 77.7 Å². The number of rotatable bonds is 0. The molecule has 87 valence electrons. The Hall–Kier alpha value is 1.68. The van der Waals surface area contributed by atoms with E-state index in [0.717, 1.165) is 0 Å². The van der Waals surface area contributed by atoms with Crippen LogP contribution in [0.25, 0.3) is 0 Å². The molecule has 0 aromatic carbocycles. The van der Waals surface area contributed by atoms with Gasteiger partial charge in [-0.3, -0.25) is 0 Å². The van der Waals surface area contributed by atoms with E-state index in [0.29, 0.717) is 0 Å². The molecule has 0 aromatic rings. The third-order valence-electron chi connectivity index (χ3n) is 0. The zero-order valence-corrected chi connectivity index (χ0v) is 9.22. The third kappa shape index (κ3) is 664. The van der Waals surface area contributed by atoms with Gasteiger partial charge in [-0.25, -0.2) is 0 Å². The minimum atomic E-state index is -5.12. The van der Waals surface area contributed by atoms with Crippen molar-refractivity contribution in [3.8, 4) is 0 Å². The fraction of sp³-hybridized carbons (Fsp3) is 0. The van der Waals surface area contributed by atoms with E-state index in [1.54, 1.807) is 0 Å². The van der Waals surface area contributed by atoms with Crippen molar-refractivity contribution in [1.82, 2.24) is 0 Å². The predicted octanol–water partition coefficient (Wildman–Crippen LogP) is -3.36. The van der Waals surface area contributed by atoms with Crippen LogP contribution >= 0.6 is 0 Å². The average molecular weight is 367 g/mol. The van der Waals surface area contributed by atoms with Crippen molar-refractivity contribution >= 4 is 18.9 Å².